The van der Waals surface area contributed by atoms with E-state index in [1.54, 1.807) is 12.1 Å². The number of halogens is 1. The molecule has 1 amide bonds. The molecular weight excluding hydrogens is 336 g/mol. The number of hydrogen-bond donors (Lipinski definition) is 2. The van der Waals surface area contributed by atoms with Crippen LogP contribution >= 0.6 is 11.6 Å². The van der Waals surface area contributed by atoms with Crippen LogP contribution < -0.4 is 11.1 Å². The van der Waals surface area contributed by atoms with Crippen LogP contribution in [0.1, 0.15) is 28.4 Å². The highest BCUT2D eigenvalue weighted by Crippen LogP contribution is 2.12. The highest BCUT2D eigenvalue weighted by Gasteiger charge is 2.07. The highest BCUT2D eigenvalue weighted by atomic mass is 35.5. The van der Waals surface area contributed by atoms with E-state index in [2.05, 4.69) is 10.3 Å². The lowest BCUT2D eigenvalue weighted by molar-refractivity contribution is 0.100. The Morgan fingerprint density at radius 1 is 1.20 bits per heavy atom. The maximum absolute atomic E-state index is 11.1. The van der Waals surface area contributed by atoms with Crippen molar-refractivity contribution in [2.75, 3.05) is 13.6 Å². The van der Waals surface area contributed by atoms with Gasteiger partial charge >= 0.3 is 0 Å². The van der Waals surface area contributed by atoms with Crippen LogP contribution in [0.4, 0.5) is 0 Å². The molecule has 132 valence electrons. The maximum atomic E-state index is 11.1. The summed E-state index contributed by atoms with van der Waals surface area (Å²) in [5.74, 6) is 0.381. The molecule has 0 aliphatic rings. The molecule has 3 N–H and O–H groups in total. The Kier molecular flexibility index (Phi) is 6.83. The summed E-state index contributed by atoms with van der Waals surface area (Å²) in [5.41, 5.74) is 7.88. The fourth-order valence-electron chi connectivity index (χ4n) is 2.39. The van der Waals surface area contributed by atoms with Crippen molar-refractivity contribution in [2.24, 2.45) is 10.7 Å². The van der Waals surface area contributed by atoms with Crippen molar-refractivity contribution >= 4 is 23.5 Å². The summed E-state index contributed by atoms with van der Waals surface area (Å²) in [6, 6.07) is 15.0. The number of guanidine groups is 1. The van der Waals surface area contributed by atoms with E-state index in [0.29, 0.717) is 18.7 Å². The lowest BCUT2D eigenvalue weighted by Crippen LogP contribution is -2.38. The zero-order valence-electron chi connectivity index (χ0n) is 14.5. The molecule has 0 bridgehead atoms. The Labute approximate surface area is 153 Å². The van der Waals surface area contributed by atoms with Crippen molar-refractivity contribution in [1.29, 1.82) is 0 Å². The molecule has 0 aliphatic heterocycles. The van der Waals surface area contributed by atoms with Crippen LogP contribution in [0.5, 0.6) is 0 Å². The summed E-state index contributed by atoms with van der Waals surface area (Å²) >= 11 is 6.05. The molecular formula is C19H23ClN4O. The standard InChI is InChI=1S/C19H23ClN4O/c1-3-22-19(24(2)13-15-5-4-6-17(20)11-15)23-12-14-7-9-16(10-8-14)18(21)25/h4-11H,3,12-13H2,1-2H3,(H2,21,25)(H,22,23). The molecule has 6 heteroatoms. The highest BCUT2D eigenvalue weighted by molar-refractivity contribution is 6.30. The molecule has 0 spiro atoms. The van der Waals surface area contributed by atoms with Gasteiger partial charge in [-0.3, -0.25) is 4.79 Å². The molecule has 2 aromatic rings. The topological polar surface area (TPSA) is 70.7 Å². The molecule has 25 heavy (non-hydrogen) atoms. The number of rotatable bonds is 6. The third kappa shape index (κ3) is 5.80. The predicted molar refractivity (Wildman–Crippen MR) is 103 cm³/mol. The number of primary amides is 1. The van der Waals surface area contributed by atoms with Gasteiger partial charge in [-0.05, 0) is 42.3 Å². The molecule has 0 fully saturated rings. The molecule has 0 saturated carbocycles. The van der Waals surface area contributed by atoms with E-state index in [0.717, 1.165) is 28.7 Å². The number of aliphatic imine (C=N–C) groups is 1. The van der Waals surface area contributed by atoms with Gasteiger partial charge in [0.05, 0.1) is 6.54 Å². The Morgan fingerprint density at radius 2 is 1.92 bits per heavy atom. The molecule has 5 nitrogen and oxygen atoms in total. The Balaban J connectivity index is 2.07. The number of nitrogens with one attached hydrogen (secondary N) is 1. The average Bonchev–Trinajstić information content (AvgIpc) is 2.59. The van der Waals surface area contributed by atoms with Crippen molar-refractivity contribution in [2.45, 2.75) is 20.0 Å². The summed E-state index contributed by atoms with van der Waals surface area (Å²) in [6.45, 7) is 4.03. The van der Waals surface area contributed by atoms with Crippen molar-refractivity contribution in [3.8, 4) is 0 Å². The first-order valence-electron chi connectivity index (χ1n) is 8.12. The zero-order chi connectivity index (χ0) is 18.2. The van der Waals surface area contributed by atoms with Gasteiger partial charge in [-0.15, -0.1) is 0 Å². The number of carbonyl (C=O) groups is 1. The van der Waals surface area contributed by atoms with Gasteiger partial charge in [0.25, 0.3) is 0 Å². The molecule has 0 aliphatic carbocycles. The molecule has 0 heterocycles. The van der Waals surface area contributed by atoms with Gasteiger partial charge in [0, 0.05) is 30.7 Å². The second-order valence-corrected chi connectivity index (χ2v) is 6.15. The predicted octanol–water partition coefficient (Wildman–Crippen LogP) is 3.04. The Morgan fingerprint density at radius 3 is 2.52 bits per heavy atom. The SMILES string of the molecule is CCNC(=NCc1ccc(C(N)=O)cc1)N(C)Cc1cccc(Cl)c1. The van der Waals surface area contributed by atoms with Crippen LogP contribution in [0.2, 0.25) is 5.02 Å². The normalized spacial score (nSPS) is 11.2. The second kappa shape index (κ2) is 9.08. The second-order valence-electron chi connectivity index (χ2n) is 5.72. The Bertz CT molecular complexity index is 743. The van der Waals surface area contributed by atoms with Gasteiger partial charge in [-0.1, -0.05) is 35.9 Å². The van der Waals surface area contributed by atoms with Crippen LogP contribution in [0, 0.1) is 0 Å². The van der Waals surface area contributed by atoms with Gasteiger partial charge in [-0.25, -0.2) is 4.99 Å². The molecule has 0 saturated heterocycles. The maximum Gasteiger partial charge on any atom is 0.248 e. The minimum atomic E-state index is -0.426. The largest absolute Gasteiger partial charge is 0.366 e. The van der Waals surface area contributed by atoms with Crippen molar-refractivity contribution in [3.05, 3.63) is 70.2 Å². The van der Waals surface area contributed by atoms with E-state index in [1.165, 1.54) is 0 Å². The van der Waals surface area contributed by atoms with E-state index in [1.807, 2.05) is 55.3 Å². The monoisotopic (exact) mass is 358 g/mol. The van der Waals surface area contributed by atoms with Crippen LogP contribution in [-0.4, -0.2) is 30.4 Å². The smallest absolute Gasteiger partial charge is 0.248 e. The van der Waals surface area contributed by atoms with E-state index in [-0.39, 0.29) is 0 Å². The summed E-state index contributed by atoms with van der Waals surface area (Å²) in [7, 11) is 1.98. The quantitative estimate of drug-likeness (QED) is 0.616. The molecule has 2 aromatic carbocycles. The third-order valence-corrected chi connectivity index (χ3v) is 3.89. The summed E-state index contributed by atoms with van der Waals surface area (Å²) in [6.07, 6.45) is 0. The molecule has 0 unspecified atom stereocenters. The first kappa shape index (κ1) is 18.8. The number of amides is 1. The minimum absolute atomic E-state index is 0.426. The van der Waals surface area contributed by atoms with Gasteiger partial charge in [0.1, 0.15) is 0 Å². The molecule has 0 radical (unpaired) electrons. The summed E-state index contributed by atoms with van der Waals surface area (Å²) in [4.78, 5) is 17.8. The fraction of sp³-hybridized carbons (Fsp3) is 0.263. The lowest BCUT2D eigenvalue weighted by Gasteiger charge is -2.22. The van der Waals surface area contributed by atoms with Crippen molar-refractivity contribution in [1.82, 2.24) is 10.2 Å². The van der Waals surface area contributed by atoms with E-state index >= 15 is 0 Å². The molecule has 0 aromatic heterocycles. The van der Waals surface area contributed by atoms with Crippen LogP contribution in [0.25, 0.3) is 0 Å². The van der Waals surface area contributed by atoms with E-state index in [4.69, 9.17) is 17.3 Å². The number of hydrogen-bond acceptors (Lipinski definition) is 2. The average molecular weight is 359 g/mol. The molecule has 2 rings (SSSR count). The van der Waals surface area contributed by atoms with Crippen molar-refractivity contribution < 1.29 is 4.79 Å². The Hall–Kier alpha value is -2.53. The van der Waals surface area contributed by atoms with Gasteiger partial charge in [0.15, 0.2) is 5.96 Å². The van der Waals surface area contributed by atoms with Crippen LogP contribution in [0.3, 0.4) is 0 Å². The minimum Gasteiger partial charge on any atom is -0.366 e. The van der Waals surface area contributed by atoms with Crippen LogP contribution in [-0.2, 0) is 13.1 Å². The van der Waals surface area contributed by atoms with Crippen LogP contribution in [0.15, 0.2) is 53.5 Å². The molecule has 0 atom stereocenters. The number of benzene rings is 2. The lowest BCUT2D eigenvalue weighted by atomic mass is 10.1. The van der Waals surface area contributed by atoms with E-state index in [9.17, 15) is 4.79 Å². The zero-order valence-corrected chi connectivity index (χ0v) is 15.3. The first-order chi connectivity index (χ1) is 12.0. The van der Waals surface area contributed by atoms with Gasteiger partial charge < -0.3 is 16.0 Å². The first-order valence-corrected chi connectivity index (χ1v) is 8.50. The van der Waals surface area contributed by atoms with Gasteiger partial charge in [0.2, 0.25) is 5.91 Å². The number of carbonyl (C=O) groups excluding carboxylic acids is 1. The summed E-state index contributed by atoms with van der Waals surface area (Å²) in [5, 5.41) is 4.01. The number of nitrogens with two attached hydrogens (primary N) is 1. The van der Waals surface area contributed by atoms with Gasteiger partial charge in [-0.2, -0.15) is 0 Å². The fourth-order valence-corrected chi connectivity index (χ4v) is 2.61. The number of nitrogens with zero attached hydrogens (tertiary/aromatic N) is 2. The third-order valence-electron chi connectivity index (χ3n) is 3.66. The summed E-state index contributed by atoms with van der Waals surface area (Å²) < 4.78 is 0. The van der Waals surface area contributed by atoms with E-state index < -0.39 is 5.91 Å². The van der Waals surface area contributed by atoms with Crippen molar-refractivity contribution in [3.63, 3.8) is 0 Å².